The molecule has 0 aliphatic heterocycles. The molecule has 2 aromatic rings. The highest BCUT2D eigenvalue weighted by molar-refractivity contribution is 9.08. The molecular weight excluding hydrogens is 314 g/mol. The molecule has 1 aromatic carbocycles. The van der Waals surface area contributed by atoms with Crippen LogP contribution in [0.5, 0.6) is 0 Å². The molecule has 0 radical (unpaired) electrons. The van der Waals surface area contributed by atoms with E-state index in [2.05, 4.69) is 81.8 Å². The van der Waals surface area contributed by atoms with Crippen LogP contribution in [0.1, 0.15) is 50.3 Å². The maximum absolute atomic E-state index is 4.47. The highest BCUT2D eigenvalue weighted by Gasteiger charge is 2.21. The van der Waals surface area contributed by atoms with Crippen LogP contribution in [0, 0.1) is 5.92 Å². The van der Waals surface area contributed by atoms with Crippen LogP contribution in [0.25, 0.3) is 0 Å². The summed E-state index contributed by atoms with van der Waals surface area (Å²) in [6, 6.07) is 10.6. The molecule has 0 fully saturated rings. The van der Waals surface area contributed by atoms with Gasteiger partial charge in [0.25, 0.3) is 0 Å². The number of rotatable bonds is 6. The first-order chi connectivity index (χ1) is 9.67. The van der Waals surface area contributed by atoms with Crippen molar-refractivity contribution in [2.45, 2.75) is 45.0 Å². The average Bonchev–Trinajstić information content (AvgIpc) is 2.83. The van der Waals surface area contributed by atoms with Crippen molar-refractivity contribution in [2.24, 2.45) is 5.92 Å². The summed E-state index contributed by atoms with van der Waals surface area (Å²) in [7, 11) is 0. The number of hydrogen-bond donors (Lipinski definition) is 0. The van der Waals surface area contributed by atoms with Gasteiger partial charge in [0.2, 0.25) is 0 Å². The molecule has 1 atom stereocenters. The molecule has 1 unspecified atom stereocenters. The zero-order valence-electron chi connectivity index (χ0n) is 12.4. The first-order valence-electron chi connectivity index (χ1n) is 7.20. The lowest BCUT2D eigenvalue weighted by Crippen LogP contribution is -2.15. The fourth-order valence-corrected chi connectivity index (χ4v) is 2.94. The maximum Gasteiger partial charge on any atom is 0.143 e. The molecule has 3 nitrogen and oxygen atoms in total. The van der Waals surface area contributed by atoms with Gasteiger partial charge in [0, 0.05) is 12.5 Å². The van der Waals surface area contributed by atoms with Gasteiger partial charge in [-0.25, -0.2) is 0 Å². The van der Waals surface area contributed by atoms with Crippen LogP contribution in [-0.4, -0.2) is 14.8 Å². The van der Waals surface area contributed by atoms with E-state index >= 15 is 0 Å². The van der Waals surface area contributed by atoms with E-state index in [1.807, 2.05) is 0 Å². The van der Waals surface area contributed by atoms with Gasteiger partial charge in [-0.05, 0) is 17.9 Å². The molecule has 1 aromatic heterocycles. The summed E-state index contributed by atoms with van der Waals surface area (Å²) < 4.78 is 2.28. The third kappa shape index (κ3) is 3.29. The molecule has 4 heteroatoms. The predicted octanol–water partition coefficient (Wildman–Crippen LogP) is 4.37. The van der Waals surface area contributed by atoms with Crippen LogP contribution in [-0.2, 0) is 11.9 Å². The van der Waals surface area contributed by atoms with Crippen molar-refractivity contribution >= 4 is 15.9 Å². The second-order valence-electron chi connectivity index (χ2n) is 5.48. The Kier molecular flexibility index (Phi) is 5.35. The van der Waals surface area contributed by atoms with Gasteiger partial charge in [-0.3, -0.25) is 0 Å². The van der Waals surface area contributed by atoms with Crippen molar-refractivity contribution in [3.8, 4) is 0 Å². The molecule has 1 heterocycles. The Morgan fingerprint density at radius 2 is 1.85 bits per heavy atom. The highest BCUT2D eigenvalue weighted by atomic mass is 79.9. The summed E-state index contributed by atoms with van der Waals surface area (Å²) in [5.41, 5.74) is 1.31. The van der Waals surface area contributed by atoms with Gasteiger partial charge in [-0.1, -0.05) is 67.0 Å². The topological polar surface area (TPSA) is 30.7 Å². The van der Waals surface area contributed by atoms with Gasteiger partial charge in [0.1, 0.15) is 11.6 Å². The molecule has 0 N–H and O–H groups in total. The lowest BCUT2D eigenvalue weighted by molar-refractivity contribution is 0.486. The van der Waals surface area contributed by atoms with Crippen molar-refractivity contribution in [1.29, 1.82) is 0 Å². The van der Waals surface area contributed by atoms with E-state index in [1.165, 1.54) is 5.56 Å². The van der Waals surface area contributed by atoms with Crippen molar-refractivity contribution in [3.05, 3.63) is 47.5 Å². The number of halogens is 1. The molecule has 0 saturated heterocycles. The summed E-state index contributed by atoms with van der Waals surface area (Å²) >= 11 is 3.52. The molecule has 0 aliphatic carbocycles. The third-order valence-electron chi connectivity index (χ3n) is 3.45. The summed E-state index contributed by atoms with van der Waals surface area (Å²) in [5.74, 6) is 3.00. The molecule has 2 rings (SSSR count). The fraction of sp³-hybridized carbons (Fsp3) is 0.500. The van der Waals surface area contributed by atoms with Gasteiger partial charge in [-0.2, -0.15) is 0 Å². The summed E-state index contributed by atoms with van der Waals surface area (Å²) in [6.45, 7) is 7.63. The van der Waals surface area contributed by atoms with Crippen molar-refractivity contribution < 1.29 is 0 Å². The van der Waals surface area contributed by atoms with E-state index in [0.29, 0.717) is 11.8 Å². The number of benzene rings is 1. The van der Waals surface area contributed by atoms with E-state index in [1.54, 1.807) is 0 Å². The number of nitrogens with zero attached hydrogens (tertiary/aromatic N) is 3. The Balaban J connectivity index is 2.42. The van der Waals surface area contributed by atoms with E-state index < -0.39 is 0 Å². The van der Waals surface area contributed by atoms with Crippen molar-refractivity contribution in [3.63, 3.8) is 0 Å². The Bertz CT molecular complexity index is 534. The van der Waals surface area contributed by atoms with Crippen molar-refractivity contribution in [2.75, 3.05) is 0 Å². The zero-order chi connectivity index (χ0) is 14.5. The fourth-order valence-electron chi connectivity index (χ4n) is 2.52. The molecule has 20 heavy (non-hydrogen) atoms. The van der Waals surface area contributed by atoms with Gasteiger partial charge in [0.15, 0.2) is 0 Å². The van der Waals surface area contributed by atoms with Gasteiger partial charge in [0.05, 0.1) is 5.33 Å². The normalized spacial score (nSPS) is 12.8. The number of alkyl halides is 1. The van der Waals surface area contributed by atoms with Crippen LogP contribution < -0.4 is 0 Å². The predicted molar refractivity (Wildman–Crippen MR) is 86.1 cm³/mol. The molecule has 0 amide bonds. The van der Waals surface area contributed by atoms with Crippen LogP contribution in [0.3, 0.4) is 0 Å². The highest BCUT2D eigenvalue weighted by Crippen LogP contribution is 2.27. The minimum Gasteiger partial charge on any atom is -0.313 e. The molecule has 108 valence electrons. The number of aromatic nitrogens is 3. The zero-order valence-corrected chi connectivity index (χ0v) is 14.0. The van der Waals surface area contributed by atoms with E-state index in [-0.39, 0.29) is 0 Å². The first kappa shape index (κ1) is 15.2. The van der Waals surface area contributed by atoms with Crippen LogP contribution in [0.15, 0.2) is 30.3 Å². The molecule has 0 saturated carbocycles. The second kappa shape index (κ2) is 7.02. The van der Waals surface area contributed by atoms with Gasteiger partial charge in [-0.15, -0.1) is 10.2 Å². The molecule has 0 bridgehead atoms. The summed E-state index contributed by atoms with van der Waals surface area (Å²) in [4.78, 5) is 0. The average molecular weight is 336 g/mol. The standard InChI is InChI=1S/C16H22BrN3/c1-4-14(13-8-6-5-7-9-13)16-19-18-15(10-17)20(16)11-12(2)3/h5-9,12,14H,4,10-11H2,1-3H3. The number of hydrogen-bond acceptors (Lipinski definition) is 2. The third-order valence-corrected chi connectivity index (χ3v) is 3.95. The minimum absolute atomic E-state index is 0.315. The Hall–Kier alpha value is -1.16. The lowest BCUT2D eigenvalue weighted by Gasteiger charge is -2.18. The van der Waals surface area contributed by atoms with Crippen molar-refractivity contribution in [1.82, 2.24) is 14.8 Å². The minimum atomic E-state index is 0.315. The van der Waals surface area contributed by atoms with Crippen LogP contribution in [0.4, 0.5) is 0 Å². The van der Waals surface area contributed by atoms with E-state index in [0.717, 1.165) is 29.9 Å². The summed E-state index contributed by atoms with van der Waals surface area (Å²) in [6.07, 6.45) is 1.03. The second-order valence-corrected chi connectivity index (χ2v) is 6.04. The van der Waals surface area contributed by atoms with Crippen LogP contribution in [0.2, 0.25) is 0 Å². The Morgan fingerprint density at radius 3 is 2.40 bits per heavy atom. The monoisotopic (exact) mass is 335 g/mol. The molecular formula is C16H22BrN3. The van der Waals surface area contributed by atoms with E-state index in [4.69, 9.17) is 0 Å². The van der Waals surface area contributed by atoms with Gasteiger partial charge >= 0.3 is 0 Å². The summed E-state index contributed by atoms with van der Waals surface area (Å²) in [5, 5.41) is 9.57. The molecule has 0 spiro atoms. The van der Waals surface area contributed by atoms with E-state index in [9.17, 15) is 0 Å². The maximum atomic E-state index is 4.47. The Morgan fingerprint density at radius 1 is 1.15 bits per heavy atom. The smallest absolute Gasteiger partial charge is 0.143 e. The van der Waals surface area contributed by atoms with Gasteiger partial charge < -0.3 is 4.57 Å². The SMILES string of the molecule is CCC(c1ccccc1)c1nnc(CBr)n1CC(C)C. The largest absolute Gasteiger partial charge is 0.313 e. The Labute approximate surface area is 129 Å². The lowest BCUT2D eigenvalue weighted by atomic mass is 9.95. The molecule has 0 aliphatic rings. The van der Waals surface area contributed by atoms with Crippen LogP contribution >= 0.6 is 15.9 Å². The quantitative estimate of drug-likeness (QED) is 0.734. The first-order valence-corrected chi connectivity index (χ1v) is 8.32.